The Kier molecular flexibility index (Phi) is 7.34. The van der Waals surface area contributed by atoms with Crippen molar-refractivity contribution in [3.05, 3.63) is 18.2 Å². The lowest BCUT2D eigenvalue weighted by Crippen LogP contribution is -2.36. The molecule has 1 aliphatic rings. The minimum absolute atomic E-state index is 0.0432. The fraction of sp³-hybridized carbons (Fsp3) is 0.611. The van der Waals surface area contributed by atoms with E-state index in [1.807, 2.05) is 6.92 Å². The molecule has 1 aliphatic heterocycles. The maximum absolute atomic E-state index is 12.2. The van der Waals surface area contributed by atoms with Gasteiger partial charge < -0.3 is 24.8 Å². The first-order chi connectivity index (χ1) is 11.6. The minimum Gasteiger partial charge on any atom is -0.497 e. The van der Waals surface area contributed by atoms with Crippen molar-refractivity contribution in [1.29, 1.82) is 0 Å². The topological polar surface area (TPSA) is 68.8 Å². The van der Waals surface area contributed by atoms with E-state index in [0.717, 1.165) is 26.2 Å². The summed E-state index contributed by atoms with van der Waals surface area (Å²) in [4.78, 5) is 12.2. The summed E-state index contributed by atoms with van der Waals surface area (Å²) in [6, 6.07) is 5.44. The van der Waals surface area contributed by atoms with Crippen molar-refractivity contribution in [2.75, 3.05) is 39.3 Å². The van der Waals surface area contributed by atoms with Crippen LogP contribution in [0.15, 0.2) is 18.2 Å². The van der Waals surface area contributed by atoms with E-state index in [2.05, 4.69) is 10.6 Å². The van der Waals surface area contributed by atoms with Crippen LogP contribution in [0.1, 0.15) is 26.2 Å². The van der Waals surface area contributed by atoms with Crippen LogP contribution in [-0.4, -0.2) is 45.9 Å². The Morgan fingerprint density at radius 2 is 2.21 bits per heavy atom. The molecule has 0 aromatic heterocycles. The lowest BCUT2D eigenvalue weighted by Gasteiger charge is -2.24. The van der Waals surface area contributed by atoms with Gasteiger partial charge >= 0.3 is 0 Å². The van der Waals surface area contributed by atoms with Gasteiger partial charge in [0.05, 0.1) is 26.5 Å². The summed E-state index contributed by atoms with van der Waals surface area (Å²) >= 11 is 0. The maximum Gasteiger partial charge on any atom is 0.226 e. The van der Waals surface area contributed by atoms with Crippen LogP contribution in [0.3, 0.4) is 0 Å². The number of carbonyl (C=O) groups is 1. The van der Waals surface area contributed by atoms with Crippen molar-refractivity contribution in [3.63, 3.8) is 0 Å². The number of nitrogens with one attached hydrogen (secondary N) is 2. The highest BCUT2D eigenvalue weighted by Gasteiger charge is 2.16. The first kappa shape index (κ1) is 18.5. The van der Waals surface area contributed by atoms with Crippen LogP contribution < -0.4 is 20.1 Å². The zero-order chi connectivity index (χ0) is 17.4. The highest BCUT2D eigenvalue weighted by Crippen LogP contribution is 2.29. The Labute approximate surface area is 143 Å². The zero-order valence-electron chi connectivity index (χ0n) is 14.8. The Hall–Kier alpha value is -1.79. The summed E-state index contributed by atoms with van der Waals surface area (Å²) in [5.41, 5.74) is 0.649. The van der Waals surface area contributed by atoms with Crippen LogP contribution in [0.25, 0.3) is 0 Å². The van der Waals surface area contributed by atoms with Crippen molar-refractivity contribution in [1.82, 2.24) is 5.32 Å². The molecule has 2 rings (SSSR count). The molecule has 0 spiro atoms. The van der Waals surface area contributed by atoms with Gasteiger partial charge in [-0.05, 0) is 37.8 Å². The Morgan fingerprint density at radius 1 is 1.38 bits per heavy atom. The second-order valence-electron chi connectivity index (χ2n) is 6.21. The Bertz CT molecular complexity index is 530. The highest BCUT2D eigenvalue weighted by atomic mass is 16.5. The standard InChI is InChI=1S/C18H28N2O4/c1-13(19-11-14-5-4-8-24-12-14)9-18(21)20-16-7-6-15(22-2)10-17(16)23-3/h6-7,10,13-14,19H,4-5,8-9,11-12H2,1-3H3,(H,20,21). The molecule has 2 N–H and O–H groups in total. The number of hydrogen-bond acceptors (Lipinski definition) is 5. The lowest BCUT2D eigenvalue weighted by atomic mass is 10.0. The molecule has 1 saturated heterocycles. The van der Waals surface area contributed by atoms with Gasteiger partial charge in [-0.3, -0.25) is 4.79 Å². The van der Waals surface area contributed by atoms with Crippen LogP contribution in [0, 0.1) is 5.92 Å². The van der Waals surface area contributed by atoms with Gasteiger partial charge in [0.1, 0.15) is 11.5 Å². The molecule has 0 saturated carbocycles. The van der Waals surface area contributed by atoms with Gasteiger partial charge in [-0.1, -0.05) is 0 Å². The molecule has 1 amide bonds. The zero-order valence-corrected chi connectivity index (χ0v) is 14.8. The molecule has 6 nitrogen and oxygen atoms in total. The van der Waals surface area contributed by atoms with Crippen molar-refractivity contribution in [2.45, 2.75) is 32.2 Å². The normalized spacial score (nSPS) is 18.7. The van der Waals surface area contributed by atoms with Crippen LogP contribution >= 0.6 is 0 Å². The number of amides is 1. The summed E-state index contributed by atoms with van der Waals surface area (Å²) in [5.74, 6) is 1.78. The van der Waals surface area contributed by atoms with E-state index >= 15 is 0 Å². The van der Waals surface area contributed by atoms with Crippen molar-refractivity contribution < 1.29 is 19.0 Å². The molecule has 0 bridgehead atoms. The quantitative estimate of drug-likeness (QED) is 0.763. The van der Waals surface area contributed by atoms with E-state index < -0.39 is 0 Å². The van der Waals surface area contributed by atoms with Gasteiger partial charge in [0.2, 0.25) is 5.91 Å². The van der Waals surface area contributed by atoms with Crippen molar-refractivity contribution >= 4 is 11.6 Å². The number of hydrogen-bond donors (Lipinski definition) is 2. The van der Waals surface area contributed by atoms with Gasteiger partial charge in [-0.15, -0.1) is 0 Å². The van der Waals surface area contributed by atoms with E-state index in [1.165, 1.54) is 6.42 Å². The predicted octanol–water partition coefficient (Wildman–Crippen LogP) is 2.44. The molecular formula is C18H28N2O4. The number of methoxy groups -OCH3 is 2. The number of benzene rings is 1. The van der Waals surface area contributed by atoms with E-state index in [9.17, 15) is 4.79 Å². The third-order valence-corrected chi connectivity index (χ3v) is 4.18. The number of carbonyl (C=O) groups excluding carboxylic acids is 1. The molecular weight excluding hydrogens is 308 g/mol. The van der Waals surface area contributed by atoms with Gasteiger partial charge in [-0.25, -0.2) is 0 Å². The second-order valence-corrected chi connectivity index (χ2v) is 6.21. The summed E-state index contributed by atoms with van der Waals surface area (Å²) in [7, 11) is 3.17. The van der Waals surface area contributed by atoms with Crippen molar-refractivity contribution in [3.8, 4) is 11.5 Å². The largest absolute Gasteiger partial charge is 0.497 e. The van der Waals surface area contributed by atoms with Crippen LogP contribution in [0.4, 0.5) is 5.69 Å². The monoisotopic (exact) mass is 336 g/mol. The predicted molar refractivity (Wildman–Crippen MR) is 93.8 cm³/mol. The maximum atomic E-state index is 12.2. The smallest absolute Gasteiger partial charge is 0.226 e. The third kappa shape index (κ3) is 5.69. The second kappa shape index (κ2) is 9.49. The van der Waals surface area contributed by atoms with Gasteiger partial charge in [0.15, 0.2) is 0 Å². The van der Waals surface area contributed by atoms with E-state index in [-0.39, 0.29) is 11.9 Å². The molecule has 6 heteroatoms. The Morgan fingerprint density at radius 3 is 2.88 bits per heavy atom. The van der Waals surface area contributed by atoms with Crippen LogP contribution in [0.2, 0.25) is 0 Å². The van der Waals surface area contributed by atoms with E-state index in [0.29, 0.717) is 29.5 Å². The molecule has 134 valence electrons. The molecule has 1 fully saturated rings. The number of rotatable bonds is 8. The molecule has 24 heavy (non-hydrogen) atoms. The summed E-state index contributed by atoms with van der Waals surface area (Å²) in [5, 5.41) is 6.32. The SMILES string of the molecule is COc1ccc(NC(=O)CC(C)NCC2CCCOC2)c(OC)c1. The van der Waals surface area contributed by atoms with E-state index in [1.54, 1.807) is 32.4 Å². The van der Waals surface area contributed by atoms with Crippen LogP contribution in [0.5, 0.6) is 11.5 Å². The average molecular weight is 336 g/mol. The molecule has 1 heterocycles. The van der Waals surface area contributed by atoms with E-state index in [4.69, 9.17) is 14.2 Å². The highest BCUT2D eigenvalue weighted by molar-refractivity contribution is 5.92. The summed E-state index contributed by atoms with van der Waals surface area (Å²) < 4.78 is 15.9. The molecule has 0 radical (unpaired) electrons. The molecule has 2 unspecified atom stereocenters. The first-order valence-electron chi connectivity index (χ1n) is 8.45. The van der Waals surface area contributed by atoms with Gasteiger partial charge in [0.25, 0.3) is 0 Å². The first-order valence-corrected chi connectivity index (χ1v) is 8.45. The van der Waals surface area contributed by atoms with Crippen LogP contribution in [-0.2, 0) is 9.53 Å². The fourth-order valence-electron chi connectivity index (χ4n) is 2.79. The lowest BCUT2D eigenvalue weighted by molar-refractivity contribution is -0.116. The molecule has 1 aromatic rings. The Balaban J connectivity index is 1.79. The fourth-order valence-corrected chi connectivity index (χ4v) is 2.79. The molecule has 0 aliphatic carbocycles. The molecule has 1 aromatic carbocycles. The van der Waals surface area contributed by atoms with Crippen molar-refractivity contribution in [2.24, 2.45) is 5.92 Å². The minimum atomic E-state index is -0.0432. The summed E-state index contributed by atoms with van der Waals surface area (Å²) in [6.07, 6.45) is 2.72. The summed E-state index contributed by atoms with van der Waals surface area (Å²) in [6.45, 7) is 4.60. The van der Waals surface area contributed by atoms with Gasteiger partial charge in [0, 0.05) is 31.7 Å². The number of anilines is 1. The average Bonchev–Trinajstić information content (AvgIpc) is 2.61. The number of ether oxygens (including phenoxy) is 3. The third-order valence-electron chi connectivity index (χ3n) is 4.18. The molecule has 2 atom stereocenters. The van der Waals surface area contributed by atoms with Gasteiger partial charge in [-0.2, -0.15) is 0 Å².